The van der Waals surface area contributed by atoms with Gasteiger partial charge in [-0.25, -0.2) is 0 Å². The molecule has 0 radical (unpaired) electrons. The van der Waals surface area contributed by atoms with Crippen LogP contribution in [0.5, 0.6) is 5.75 Å². The zero-order chi connectivity index (χ0) is 21.6. The molecule has 3 rings (SSSR count). The Bertz CT molecular complexity index is 801. The van der Waals surface area contributed by atoms with Crippen molar-refractivity contribution in [3.8, 4) is 17.0 Å². The first-order chi connectivity index (χ1) is 14.4. The van der Waals surface area contributed by atoms with Crippen molar-refractivity contribution in [2.75, 3.05) is 33.4 Å². The molecule has 1 fully saturated rings. The van der Waals surface area contributed by atoms with E-state index < -0.39 is 11.7 Å². The lowest BCUT2D eigenvalue weighted by Gasteiger charge is -2.22. The summed E-state index contributed by atoms with van der Waals surface area (Å²) >= 11 is 0. The van der Waals surface area contributed by atoms with Gasteiger partial charge in [-0.1, -0.05) is 13.3 Å². The second kappa shape index (κ2) is 10.3. The Morgan fingerprint density at radius 1 is 1.23 bits per heavy atom. The molecular formula is C22H30F3N3O2. The third kappa shape index (κ3) is 6.22. The molecule has 8 heteroatoms. The highest BCUT2D eigenvalue weighted by molar-refractivity contribution is 5.66. The average molecular weight is 425 g/mol. The predicted octanol–water partition coefficient (Wildman–Crippen LogP) is 5.13. The van der Waals surface area contributed by atoms with Gasteiger partial charge in [0.25, 0.3) is 0 Å². The molecule has 30 heavy (non-hydrogen) atoms. The minimum absolute atomic E-state index is 0.228. The Hall–Kier alpha value is -2.06. The van der Waals surface area contributed by atoms with Crippen LogP contribution in [0, 0.1) is 5.92 Å². The number of nitrogens with one attached hydrogen (secondary N) is 1. The van der Waals surface area contributed by atoms with E-state index in [2.05, 4.69) is 22.0 Å². The maximum atomic E-state index is 13.5. The van der Waals surface area contributed by atoms with Crippen LogP contribution in [-0.4, -0.2) is 48.5 Å². The Morgan fingerprint density at radius 2 is 2.00 bits per heavy atom. The highest BCUT2D eigenvalue weighted by Gasteiger charge is 2.32. The van der Waals surface area contributed by atoms with E-state index in [1.807, 2.05) is 7.05 Å². The van der Waals surface area contributed by atoms with Gasteiger partial charge in [0.1, 0.15) is 5.75 Å². The minimum Gasteiger partial charge on any atom is -0.493 e. The van der Waals surface area contributed by atoms with Gasteiger partial charge in [0.2, 0.25) is 0 Å². The fraction of sp³-hybridized carbons (Fsp3) is 0.591. The summed E-state index contributed by atoms with van der Waals surface area (Å²) in [7, 11) is 2.00. The van der Waals surface area contributed by atoms with Gasteiger partial charge >= 0.3 is 6.18 Å². The minimum atomic E-state index is -4.45. The summed E-state index contributed by atoms with van der Waals surface area (Å²) in [4.78, 5) is 2.15. The third-order valence-electron chi connectivity index (χ3n) is 5.40. The number of ether oxygens (including phenoxy) is 2. The summed E-state index contributed by atoms with van der Waals surface area (Å²) in [6.07, 6.45) is 1.11. The third-order valence-corrected chi connectivity index (χ3v) is 5.40. The van der Waals surface area contributed by atoms with Crippen LogP contribution in [0.4, 0.5) is 13.2 Å². The second-order valence-corrected chi connectivity index (χ2v) is 7.97. The van der Waals surface area contributed by atoms with Crippen LogP contribution in [0.1, 0.15) is 43.7 Å². The molecule has 0 unspecified atom stereocenters. The molecule has 1 aliphatic heterocycles. The zero-order valence-electron chi connectivity index (χ0n) is 17.6. The molecule has 1 aliphatic rings. The highest BCUT2D eigenvalue weighted by Crippen LogP contribution is 2.36. The van der Waals surface area contributed by atoms with Gasteiger partial charge < -0.3 is 14.4 Å². The number of aromatic amines is 1. The first kappa shape index (κ1) is 22.6. The summed E-state index contributed by atoms with van der Waals surface area (Å²) in [5, 5.41) is 6.96. The largest absolute Gasteiger partial charge is 0.493 e. The van der Waals surface area contributed by atoms with Crippen LogP contribution < -0.4 is 4.74 Å². The lowest BCUT2D eigenvalue weighted by Crippen LogP contribution is -2.21. The van der Waals surface area contributed by atoms with Crippen molar-refractivity contribution in [2.24, 2.45) is 5.92 Å². The fourth-order valence-electron chi connectivity index (χ4n) is 3.60. The Balaban J connectivity index is 1.82. The Kier molecular flexibility index (Phi) is 7.77. The van der Waals surface area contributed by atoms with Gasteiger partial charge in [0.15, 0.2) is 0 Å². The van der Waals surface area contributed by atoms with Crippen LogP contribution >= 0.6 is 0 Å². The van der Waals surface area contributed by atoms with Gasteiger partial charge in [-0.15, -0.1) is 0 Å². The molecule has 1 aromatic carbocycles. The number of H-pyrrole nitrogens is 1. The molecule has 0 aliphatic carbocycles. The van der Waals surface area contributed by atoms with Crippen molar-refractivity contribution in [3.63, 3.8) is 0 Å². The van der Waals surface area contributed by atoms with Crippen molar-refractivity contribution in [1.29, 1.82) is 0 Å². The average Bonchev–Trinajstić information content (AvgIpc) is 3.18. The van der Waals surface area contributed by atoms with E-state index in [-0.39, 0.29) is 5.75 Å². The van der Waals surface area contributed by atoms with Crippen molar-refractivity contribution >= 4 is 0 Å². The second-order valence-electron chi connectivity index (χ2n) is 7.97. The van der Waals surface area contributed by atoms with Crippen molar-refractivity contribution < 1.29 is 22.6 Å². The topological polar surface area (TPSA) is 50.4 Å². The molecule has 0 bridgehead atoms. The number of aromatic nitrogens is 2. The number of halogens is 3. The molecule has 2 heterocycles. The number of nitrogens with zero attached hydrogens (tertiary/aromatic N) is 2. The maximum Gasteiger partial charge on any atom is 0.416 e. The van der Waals surface area contributed by atoms with E-state index in [1.165, 1.54) is 0 Å². The van der Waals surface area contributed by atoms with Crippen LogP contribution in [0.3, 0.4) is 0 Å². The van der Waals surface area contributed by atoms with Gasteiger partial charge in [-0.2, -0.15) is 18.3 Å². The quantitative estimate of drug-likeness (QED) is 0.605. The van der Waals surface area contributed by atoms with E-state index in [0.29, 0.717) is 43.5 Å². The Morgan fingerprint density at radius 3 is 2.70 bits per heavy atom. The van der Waals surface area contributed by atoms with Crippen LogP contribution in [-0.2, 0) is 17.5 Å². The zero-order valence-corrected chi connectivity index (χ0v) is 17.6. The molecule has 1 N–H and O–H groups in total. The van der Waals surface area contributed by atoms with Crippen molar-refractivity contribution in [3.05, 3.63) is 35.5 Å². The van der Waals surface area contributed by atoms with Crippen molar-refractivity contribution in [2.45, 2.75) is 45.3 Å². The molecule has 0 amide bonds. The van der Waals surface area contributed by atoms with Gasteiger partial charge in [0, 0.05) is 30.9 Å². The van der Waals surface area contributed by atoms with Gasteiger partial charge in [0.05, 0.1) is 24.1 Å². The SMILES string of the molecule is CCCCN(C)Cc1cn[nH]c1-c1cc(OCC2CCOCC2)cc(C(F)(F)F)c1. The summed E-state index contributed by atoms with van der Waals surface area (Å²) in [5.74, 6) is 0.526. The van der Waals surface area contributed by atoms with Crippen molar-refractivity contribution in [1.82, 2.24) is 15.1 Å². The molecule has 0 atom stereocenters. The van der Waals surface area contributed by atoms with E-state index in [0.717, 1.165) is 49.9 Å². The van der Waals surface area contributed by atoms with Crippen LogP contribution in [0.2, 0.25) is 0 Å². The molecule has 2 aromatic rings. The summed E-state index contributed by atoms with van der Waals surface area (Å²) in [6, 6.07) is 3.90. The number of benzene rings is 1. The monoisotopic (exact) mass is 425 g/mol. The molecule has 0 saturated carbocycles. The molecule has 5 nitrogen and oxygen atoms in total. The lowest BCUT2D eigenvalue weighted by molar-refractivity contribution is -0.137. The number of hydrogen-bond donors (Lipinski definition) is 1. The molecule has 0 spiro atoms. The van der Waals surface area contributed by atoms with E-state index in [9.17, 15) is 13.2 Å². The molecule has 166 valence electrons. The van der Waals surface area contributed by atoms with E-state index in [4.69, 9.17) is 9.47 Å². The normalized spacial score (nSPS) is 15.7. The number of alkyl halides is 3. The van der Waals surface area contributed by atoms with Crippen LogP contribution in [0.25, 0.3) is 11.3 Å². The van der Waals surface area contributed by atoms with Gasteiger partial charge in [-0.3, -0.25) is 5.10 Å². The summed E-state index contributed by atoms with van der Waals surface area (Å²) in [6.45, 7) is 5.39. The first-order valence-corrected chi connectivity index (χ1v) is 10.5. The highest BCUT2D eigenvalue weighted by atomic mass is 19.4. The summed E-state index contributed by atoms with van der Waals surface area (Å²) in [5.41, 5.74) is 1.17. The fourth-order valence-corrected chi connectivity index (χ4v) is 3.60. The predicted molar refractivity (Wildman–Crippen MR) is 109 cm³/mol. The van der Waals surface area contributed by atoms with E-state index >= 15 is 0 Å². The summed E-state index contributed by atoms with van der Waals surface area (Å²) < 4.78 is 51.7. The first-order valence-electron chi connectivity index (χ1n) is 10.5. The maximum absolute atomic E-state index is 13.5. The van der Waals surface area contributed by atoms with Gasteiger partial charge in [-0.05, 0) is 57.0 Å². The lowest BCUT2D eigenvalue weighted by atomic mass is 10.0. The van der Waals surface area contributed by atoms with E-state index in [1.54, 1.807) is 12.3 Å². The standard InChI is InChI=1S/C22H30F3N3O2/c1-3-4-7-28(2)14-18-13-26-27-21(18)17-10-19(22(23,24)25)12-20(11-17)30-15-16-5-8-29-9-6-16/h10-13,16H,3-9,14-15H2,1-2H3,(H,26,27). The molecule has 1 aromatic heterocycles. The smallest absolute Gasteiger partial charge is 0.416 e. The van der Waals surface area contributed by atoms with Crippen LogP contribution in [0.15, 0.2) is 24.4 Å². The number of rotatable bonds is 9. The molecule has 1 saturated heterocycles. The molecular weight excluding hydrogens is 395 g/mol. The number of unbranched alkanes of at least 4 members (excludes halogenated alkanes) is 1. The number of hydrogen-bond acceptors (Lipinski definition) is 4. The Labute approximate surface area is 175 Å².